The fourth-order valence-electron chi connectivity index (χ4n) is 2.75. The maximum atomic E-state index is 13.0. The highest BCUT2D eigenvalue weighted by Crippen LogP contribution is 2.61. The summed E-state index contributed by atoms with van der Waals surface area (Å²) >= 11 is 20.2. The van der Waals surface area contributed by atoms with Crippen LogP contribution >= 0.6 is 111 Å². The summed E-state index contributed by atoms with van der Waals surface area (Å²) in [4.78, 5) is 0. The molecule has 0 aliphatic carbocycles. The fraction of sp³-hybridized carbons (Fsp3) is 0.294. The Morgan fingerprint density at radius 2 is 0.879 bits per heavy atom. The van der Waals surface area contributed by atoms with Gasteiger partial charge in [0.1, 0.15) is 0 Å². The molecule has 2 aliphatic rings. The van der Waals surface area contributed by atoms with E-state index in [0.717, 1.165) is 8.95 Å². The van der Waals surface area contributed by atoms with Crippen LogP contribution in [0.25, 0.3) is 0 Å². The van der Waals surface area contributed by atoms with Crippen molar-refractivity contribution in [3.05, 3.63) is 51.1 Å². The maximum absolute atomic E-state index is 13.0. The minimum absolute atomic E-state index is 0.0539. The predicted octanol–water partition coefficient (Wildman–Crippen LogP) is 9.02. The molecule has 0 radical (unpaired) electrons. The van der Waals surface area contributed by atoms with E-state index in [2.05, 4.69) is 95.6 Å². The van der Waals surface area contributed by atoms with Gasteiger partial charge in [-0.15, -0.1) is 0 Å². The van der Waals surface area contributed by atoms with Gasteiger partial charge in [-0.25, -0.2) is 9.13 Å². The Morgan fingerprint density at radius 1 is 0.606 bits per heavy atom. The lowest BCUT2D eigenvalue weighted by atomic mass is 9.93. The van der Waals surface area contributed by atoms with Crippen LogP contribution in [0.3, 0.4) is 0 Å². The molecule has 2 heterocycles. The molecular formula is C17H12Br6O8P2. The van der Waals surface area contributed by atoms with Gasteiger partial charge in [-0.3, -0.25) is 18.1 Å². The summed E-state index contributed by atoms with van der Waals surface area (Å²) in [7, 11) is -7.81. The molecule has 33 heavy (non-hydrogen) atoms. The van der Waals surface area contributed by atoms with Crippen LogP contribution in [0.1, 0.15) is 0 Å². The highest BCUT2D eigenvalue weighted by molar-refractivity contribution is 9.12. The van der Waals surface area contributed by atoms with Crippen LogP contribution in [-0.4, -0.2) is 26.4 Å². The molecule has 2 saturated heterocycles. The molecule has 2 aromatic carbocycles. The molecule has 2 fully saturated rings. The zero-order valence-electron chi connectivity index (χ0n) is 16.1. The van der Waals surface area contributed by atoms with Gasteiger partial charge in [-0.2, -0.15) is 0 Å². The molecule has 0 unspecified atom stereocenters. The smallest absolute Gasteiger partial charge is 0.402 e. The third-order valence-corrected chi connectivity index (χ3v) is 10.3. The minimum Gasteiger partial charge on any atom is -0.402 e. The second kappa shape index (κ2) is 10.5. The zero-order valence-corrected chi connectivity index (χ0v) is 27.4. The summed E-state index contributed by atoms with van der Waals surface area (Å²) in [6, 6.07) is 6.95. The van der Waals surface area contributed by atoms with Gasteiger partial charge in [0.2, 0.25) is 0 Å². The van der Waals surface area contributed by atoms with E-state index in [1.54, 1.807) is 24.3 Å². The second-order valence-corrected chi connectivity index (χ2v) is 15.5. The van der Waals surface area contributed by atoms with Gasteiger partial charge < -0.3 is 9.05 Å². The molecule has 16 heteroatoms. The summed E-state index contributed by atoms with van der Waals surface area (Å²) in [6.07, 6.45) is 0. The van der Waals surface area contributed by atoms with Crippen LogP contribution in [0.5, 0.6) is 11.5 Å². The molecule has 2 aromatic rings. The van der Waals surface area contributed by atoms with Crippen molar-refractivity contribution in [3.63, 3.8) is 0 Å². The summed E-state index contributed by atoms with van der Waals surface area (Å²) in [5.74, 6) is 0.550. The molecule has 4 rings (SSSR count). The molecule has 1 spiro atoms. The standard InChI is InChI=1S/C17H12Br6O8P2/c18-9-1-11(20)15(12(21)2-9)30-32(24)26-5-17(6-27-32)7-28-33(25,29-8-17)31-16-13(22)3-10(19)4-14(16)23/h1-4H,5-8H2. The lowest BCUT2D eigenvalue weighted by Crippen LogP contribution is -2.46. The monoisotopic (exact) mass is 880 g/mol. The summed E-state index contributed by atoms with van der Waals surface area (Å²) in [5, 5.41) is 0. The molecule has 0 amide bonds. The second-order valence-electron chi connectivity index (χ2n) is 7.07. The predicted molar refractivity (Wildman–Crippen MR) is 142 cm³/mol. The van der Waals surface area contributed by atoms with E-state index in [1.165, 1.54) is 0 Å². The van der Waals surface area contributed by atoms with Crippen molar-refractivity contribution in [1.29, 1.82) is 0 Å². The van der Waals surface area contributed by atoms with Crippen molar-refractivity contribution >= 4 is 111 Å². The van der Waals surface area contributed by atoms with Gasteiger partial charge in [-0.1, -0.05) is 31.9 Å². The Balaban J connectivity index is 1.40. The summed E-state index contributed by atoms with van der Waals surface area (Å²) < 4.78 is 62.9. The molecule has 0 N–H and O–H groups in total. The Kier molecular flexibility index (Phi) is 8.70. The van der Waals surface area contributed by atoms with E-state index in [1.807, 2.05) is 0 Å². The quantitative estimate of drug-likeness (QED) is 0.282. The number of hydrogen-bond donors (Lipinski definition) is 0. The molecular weight excluding hydrogens is 874 g/mol. The molecule has 0 aromatic heterocycles. The Hall–Kier alpha value is 1.22. The minimum atomic E-state index is -3.91. The normalized spacial score (nSPS) is 29.8. The topological polar surface area (TPSA) is 89.5 Å². The van der Waals surface area contributed by atoms with Crippen LogP contribution in [0.4, 0.5) is 0 Å². The SMILES string of the molecule is O=P1(Oc2c(Br)cc(Br)cc2Br)OCC2(CO1)COP(=O)(Oc1c(Br)cc(Br)cc1Br)OC2. The average Bonchev–Trinajstić information content (AvgIpc) is 2.73. The maximum Gasteiger partial charge on any atom is 0.530 e. The first-order valence-corrected chi connectivity index (χ1v) is 16.6. The third kappa shape index (κ3) is 6.38. The van der Waals surface area contributed by atoms with Crippen LogP contribution in [0.15, 0.2) is 51.1 Å². The van der Waals surface area contributed by atoms with E-state index in [-0.39, 0.29) is 37.9 Å². The zero-order chi connectivity index (χ0) is 24.0. The summed E-state index contributed by atoms with van der Waals surface area (Å²) in [5.41, 5.74) is -0.823. The van der Waals surface area contributed by atoms with Gasteiger partial charge in [0.15, 0.2) is 11.5 Å². The van der Waals surface area contributed by atoms with Crippen molar-refractivity contribution in [2.75, 3.05) is 26.4 Å². The molecule has 2 aliphatic heterocycles. The first-order chi connectivity index (χ1) is 15.4. The van der Waals surface area contributed by atoms with Gasteiger partial charge in [0, 0.05) is 8.95 Å². The first-order valence-electron chi connectivity index (χ1n) is 8.88. The number of halogens is 6. The molecule has 8 nitrogen and oxygen atoms in total. The van der Waals surface area contributed by atoms with Gasteiger partial charge >= 0.3 is 15.6 Å². The Labute approximate surface area is 239 Å². The van der Waals surface area contributed by atoms with E-state index in [0.29, 0.717) is 17.9 Å². The van der Waals surface area contributed by atoms with Crippen molar-refractivity contribution in [2.45, 2.75) is 0 Å². The van der Waals surface area contributed by atoms with Crippen molar-refractivity contribution in [1.82, 2.24) is 0 Å². The van der Waals surface area contributed by atoms with Gasteiger partial charge in [0.25, 0.3) is 0 Å². The van der Waals surface area contributed by atoms with E-state index in [9.17, 15) is 9.13 Å². The average molecular weight is 886 g/mol. The van der Waals surface area contributed by atoms with E-state index in [4.69, 9.17) is 27.1 Å². The van der Waals surface area contributed by atoms with Gasteiger partial charge in [-0.05, 0) is 88.0 Å². The van der Waals surface area contributed by atoms with Crippen molar-refractivity contribution in [3.8, 4) is 11.5 Å². The van der Waals surface area contributed by atoms with Crippen LogP contribution < -0.4 is 9.05 Å². The van der Waals surface area contributed by atoms with E-state index < -0.39 is 21.1 Å². The van der Waals surface area contributed by atoms with Gasteiger partial charge in [0.05, 0.1) is 49.7 Å². The van der Waals surface area contributed by atoms with Crippen LogP contribution in [0.2, 0.25) is 0 Å². The number of phosphoric acid groups is 2. The molecule has 0 saturated carbocycles. The Morgan fingerprint density at radius 3 is 1.15 bits per heavy atom. The lowest BCUT2D eigenvalue weighted by molar-refractivity contribution is -0.0854. The number of phosphoric ester groups is 2. The van der Waals surface area contributed by atoms with Crippen LogP contribution in [0, 0.1) is 5.41 Å². The lowest BCUT2D eigenvalue weighted by Gasteiger charge is -2.41. The van der Waals surface area contributed by atoms with Crippen molar-refractivity contribution < 1.29 is 36.3 Å². The highest BCUT2D eigenvalue weighted by Gasteiger charge is 2.51. The Bertz CT molecular complexity index is 1030. The highest BCUT2D eigenvalue weighted by atomic mass is 79.9. The molecule has 0 atom stereocenters. The van der Waals surface area contributed by atoms with E-state index >= 15 is 0 Å². The first kappa shape index (κ1) is 27.3. The number of benzene rings is 2. The molecule has 180 valence electrons. The summed E-state index contributed by atoms with van der Waals surface area (Å²) in [6.45, 7) is -0.215. The van der Waals surface area contributed by atoms with Crippen LogP contribution in [-0.2, 0) is 27.2 Å². The largest absolute Gasteiger partial charge is 0.530 e. The molecule has 0 bridgehead atoms. The number of rotatable bonds is 4. The fourth-order valence-corrected chi connectivity index (χ4v) is 11.0. The third-order valence-electron chi connectivity index (χ3n) is 4.45. The van der Waals surface area contributed by atoms with Crippen molar-refractivity contribution in [2.24, 2.45) is 5.41 Å². The number of hydrogen-bond acceptors (Lipinski definition) is 8.